The van der Waals surface area contributed by atoms with E-state index in [4.69, 9.17) is 16.4 Å². The van der Waals surface area contributed by atoms with Gasteiger partial charge in [-0.2, -0.15) is 5.26 Å². The molecule has 0 rings (SSSR count). The molecule has 0 bridgehead atoms. The number of allylic oxidation sites excluding steroid dienone is 2. The van der Waals surface area contributed by atoms with Crippen molar-refractivity contribution in [2.75, 3.05) is 0 Å². The third-order valence-electron chi connectivity index (χ3n) is 0.690. The predicted molar refractivity (Wildman–Crippen MR) is 31.3 cm³/mol. The first-order chi connectivity index (χ1) is 3.72. The Bertz CT molecular complexity index is 157. The maximum atomic E-state index is 8.16. The zero-order valence-corrected chi connectivity index (χ0v) is 4.60. The van der Waals surface area contributed by atoms with Gasteiger partial charge in [0.15, 0.2) is 0 Å². The second kappa shape index (κ2) is 2.80. The minimum absolute atomic E-state index is 0.227. The van der Waals surface area contributed by atoms with Crippen molar-refractivity contribution in [3.8, 4) is 6.07 Å². The molecule has 0 saturated carbocycles. The molecule has 0 aromatic rings. The van der Waals surface area contributed by atoms with Crippen molar-refractivity contribution >= 4 is 6.21 Å². The summed E-state index contributed by atoms with van der Waals surface area (Å²) < 4.78 is 0. The third kappa shape index (κ3) is 1.43. The zero-order chi connectivity index (χ0) is 6.57. The summed E-state index contributed by atoms with van der Waals surface area (Å²) in [7, 11) is 0. The van der Waals surface area contributed by atoms with Crippen LogP contribution in [-0.4, -0.2) is 6.21 Å². The lowest BCUT2D eigenvalue weighted by Crippen LogP contribution is -1.96. The lowest BCUT2D eigenvalue weighted by molar-refractivity contribution is 1.29. The Labute approximate surface area is 47.9 Å². The van der Waals surface area contributed by atoms with Crippen LogP contribution in [0.4, 0.5) is 0 Å². The van der Waals surface area contributed by atoms with Gasteiger partial charge in [-0.3, -0.25) is 0 Å². The van der Waals surface area contributed by atoms with E-state index in [-0.39, 0.29) is 5.57 Å². The normalized spacial score (nSPS) is 11.5. The van der Waals surface area contributed by atoms with Gasteiger partial charge in [0.05, 0.1) is 5.57 Å². The minimum atomic E-state index is 0.227. The largest absolute Gasteiger partial charge is 0.401 e. The lowest BCUT2D eigenvalue weighted by atomic mass is 10.3. The predicted octanol–water partition coefficient (Wildman–Crippen LogP) is 0.392. The number of hydrogen-bond acceptors (Lipinski definition) is 3. The molecule has 0 aliphatic carbocycles. The molecule has 0 saturated heterocycles. The van der Waals surface area contributed by atoms with Crippen molar-refractivity contribution in [1.29, 1.82) is 10.7 Å². The second-order valence-electron chi connectivity index (χ2n) is 1.35. The van der Waals surface area contributed by atoms with Crippen LogP contribution in [-0.2, 0) is 0 Å². The number of hydrogen-bond donors (Lipinski definition) is 2. The Balaban J connectivity index is 4.38. The zero-order valence-electron chi connectivity index (χ0n) is 4.60. The Kier molecular flexibility index (Phi) is 2.35. The van der Waals surface area contributed by atoms with Crippen LogP contribution < -0.4 is 5.73 Å². The smallest absolute Gasteiger partial charge is 0.103 e. The van der Waals surface area contributed by atoms with Crippen LogP contribution >= 0.6 is 0 Å². The van der Waals surface area contributed by atoms with E-state index in [1.807, 2.05) is 0 Å². The first-order valence-electron chi connectivity index (χ1n) is 2.09. The van der Waals surface area contributed by atoms with Gasteiger partial charge in [-0.1, -0.05) is 0 Å². The van der Waals surface area contributed by atoms with Crippen LogP contribution in [0.2, 0.25) is 0 Å². The number of nitrogens with one attached hydrogen (secondary N) is 1. The van der Waals surface area contributed by atoms with Crippen LogP contribution in [0.5, 0.6) is 0 Å². The van der Waals surface area contributed by atoms with Crippen LogP contribution in [0.15, 0.2) is 11.3 Å². The van der Waals surface area contributed by atoms with Gasteiger partial charge >= 0.3 is 0 Å². The molecule has 8 heavy (non-hydrogen) atoms. The average Bonchev–Trinajstić information content (AvgIpc) is 1.69. The summed E-state index contributed by atoms with van der Waals surface area (Å²) in [6, 6.07) is 1.76. The van der Waals surface area contributed by atoms with E-state index in [1.54, 1.807) is 13.0 Å². The van der Waals surface area contributed by atoms with Gasteiger partial charge in [-0.25, -0.2) is 0 Å². The van der Waals surface area contributed by atoms with E-state index in [9.17, 15) is 0 Å². The van der Waals surface area contributed by atoms with Gasteiger partial charge in [-0.05, 0) is 6.92 Å². The van der Waals surface area contributed by atoms with Crippen LogP contribution in [0, 0.1) is 16.7 Å². The fourth-order valence-corrected chi connectivity index (χ4v) is 0.234. The number of nitrogens with zero attached hydrogens (tertiary/aromatic N) is 1. The Morgan fingerprint density at radius 1 is 1.88 bits per heavy atom. The Morgan fingerprint density at radius 3 is 2.38 bits per heavy atom. The Hall–Kier alpha value is -1.30. The van der Waals surface area contributed by atoms with Crippen molar-refractivity contribution in [1.82, 2.24) is 0 Å². The van der Waals surface area contributed by atoms with E-state index in [0.717, 1.165) is 6.21 Å². The molecule has 3 N–H and O–H groups in total. The fraction of sp³-hybridized carbons (Fsp3) is 0.200. The molecule has 3 heteroatoms. The van der Waals surface area contributed by atoms with E-state index < -0.39 is 0 Å². The van der Waals surface area contributed by atoms with Crippen LogP contribution in [0.1, 0.15) is 6.92 Å². The molecule has 0 heterocycles. The number of nitrogens with two attached hydrogens (primary N) is 1. The van der Waals surface area contributed by atoms with E-state index in [0.29, 0.717) is 5.70 Å². The van der Waals surface area contributed by atoms with Gasteiger partial charge in [0.2, 0.25) is 0 Å². The van der Waals surface area contributed by atoms with Gasteiger partial charge in [-0.15, -0.1) is 0 Å². The molecule has 0 aliphatic heterocycles. The summed E-state index contributed by atoms with van der Waals surface area (Å²) in [5, 5.41) is 14.8. The minimum Gasteiger partial charge on any atom is -0.401 e. The quantitative estimate of drug-likeness (QED) is 0.377. The molecule has 0 amide bonds. The second-order valence-corrected chi connectivity index (χ2v) is 1.35. The molecule has 0 spiro atoms. The summed E-state index contributed by atoms with van der Waals surface area (Å²) in [5.74, 6) is 0. The maximum absolute atomic E-state index is 8.16. The summed E-state index contributed by atoms with van der Waals surface area (Å²) >= 11 is 0. The summed E-state index contributed by atoms with van der Waals surface area (Å²) in [5.41, 5.74) is 5.78. The van der Waals surface area contributed by atoms with Crippen molar-refractivity contribution in [2.24, 2.45) is 5.73 Å². The van der Waals surface area contributed by atoms with Crippen molar-refractivity contribution < 1.29 is 0 Å². The molecule has 0 aromatic carbocycles. The van der Waals surface area contributed by atoms with Crippen LogP contribution in [0.3, 0.4) is 0 Å². The highest BCUT2D eigenvalue weighted by molar-refractivity contribution is 5.81. The highest BCUT2D eigenvalue weighted by atomic mass is 14.6. The first kappa shape index (κ1) is 6.70. The summed E-state index contributed by atoms with van der Waals surface area (Å²) in [6.07, 6.45) is 0.940. The molecule has 0 unspecified atom stereocenters. The van der Waals surface area contributed by atoms with Crippen molar-refractivity contribution in [3.05, 3.63) is 11.3 Å². The van der Waals surface area contributed by atoms with Crippen molar-refractivity contribution in [2.45, 2.75) is 6.92 Å². The topological polar surface area (TPSA) is 73.7 Å². The van der Waals surface area contributed by atoms with E-state index in [1.165, 1.54) is 0 Å². The van der Waals surface area contributed by atoms with Crippen molar-refractivity contribution in [3.63, 3.8) is 0 Å². The number of rotatable bonds is 1. The monoisotopic (exact) mass is 109 g/mol. The standard InChI is InChI=1S/C5H7N3/c1-4(8)5(2-6)3-7/h2,6H,8H2,1H3/b5-4-,6-2?. The van der Waals surface area contributed by atoms with Gasteiger partial charge < -0.3 is 11.1 Å². The Morgan fingerprint density at radius 2 is 2.38 bits per heavy atom. The maximum Gasteiger partial charge on any atom is 0.103 e. The highest BCUT2D eigenvalue weighted by Gasteiger charge is 1.89. The highest BCUT2D eigenvalue weighted by Crippen LogP contribution is 1.89. The number of nitriles is 1. The van der Waals surface area contributed by atoms with E-state index in [2.05, 4.69) is 0 Å². The molecular weight excluding hydrogens is 102 g/mol. The molecule has 0 aromatic heterocycles. The molecule has 0 fully saturated rings. The molecule has 0 aliphatic rings. The summed E-state index contributed by atoms with van der Waals surface area (Å²) in [4.78, 5) is 0. The van der Waals surface area contributed by atoms with Gasteiger partial charge in [0, 0.05) is 11.9 Å². The first-order valence-corrected chi connectivity index (χ1v) is 2.09. The summed E-state index contributed by atoms with van der Waals surface area (Å²) in [6.45, 7) is 1.59. The third-order valence-corrected chi connectivity index (χ3v) is 0.690. The molecule has 0 atom stereocenters. The fourth-order valence-electron chi connectivity index (χ4n) is 0.234. The molecule has 42 valence electrons. The van der Waals surface area contributed by atoms with Crippen LogP contribution in [0.25, 0.3) is 0 Å². The molecular formula is C5H7N3. The lowest BCUT2D eigenvalue weighted by Gasteiger charge is -1.86. The molecule has 0 radical (unpaired) electrons. The SMILES string of the molecule is C/C(N)=C(/C#N)C=N. The average molecular weight is 109 g/mol. The van der Waals surface area contributed by atoms with Gasteiger partial charge in [0.25, 0.3) is 0 Å². The van der Waals surface area contributed by atoms with E-state index >= 15 is 0 Å². The van der Waals surface area contributed by atoms with Gasteiger partial charge in [0.1, 0.15) is 6.07 Å². The molecule has 3 nitrogen and oxygen atoms in total.